The summed E-state index contributed by atoms with van der Waals surface area (Å²) in [6.07, 6.45) is 2.83. The number of unbranched alkanes of at least 4 members (excludes halogenated alkanes) is 1. The maximum absolute atomic E-state index is 10.8. The lowest BCUT2D eigenvalue weighted by Crippen LogP contribution is -1.98. The van der Waals surface area contributed by atoms with Gasteiger partial charge in [0, 0.05) is 19.9 Å². The van der Waals surface area contributed by atoms with Crippen molar-refractivity contribution >= 4 is 5.78 Å². The van der Waals surface area contributed by atoms with Gasteiger partial charge in [-0.05, 0) is 6.42 Å². The van der Waals surface area contributed by atoms with Gasteiger partial charge in [-0.25, -0.2) is 0 Å². The predicted molar refractivity (Wildman–Crippen MR) is 44.9 cm³/mol. The van der Waals surface area contributed by atoms with Crippen LogP contribution in [-0.2, 0) is 6.54 Å². The van der Waals surface area contributed by atoms with E-state index in [2.05, 4.69) is 10.3 Å². The van der Waals surface area contributed by atoms with E-state index < -0.39 is 0 Å². The summed E-state index contributed by atoms with van der Waals surface area (Å²) in [5.74, 6) is -0.0912. The fraction of sp³-hybridized carbons (Fsp3) is 0.500. The standard InChI is InChI=1S/C8H10N4O/c1-7(13)8-6-12(11-10-8)5-3-2-4-9/h6H,2-3,5H2,1H3. The first-order valence-corrected chi connectivity index (χ1v) is 4.02. The summed E-state index contributed by atoms with van der Waals surface area (Å²) in [6.45, 7) is 2.08. The Morgan fingerprint density at radius 3 is 3.08 bits per heavy atom. The topological polar surface area (TPSA) is 71.6 Å². The van der Waals surface area contributed by atoms with E-state index in [1.165, 1.54) is 6.92 Å². The number of ketones is 1. The highest BCUT2D eigenvalue weighted by atomic mass is 16.1. The molecule has 13 heavy (non-hydrogen) atoms. The maximum atomic E-state index is 10.8. The van der Waals surface area contributed by atoms with E-state index in [0.717, 1.165) is 6.42 Å². The van der Waals surface area contributed by atoms with Crippen LogP contribution in [0.3, 0.4) is 0 Å². The van der Waals surface area contributed by atoms with Crippen molar-refractivity contribution in [2.45, 2.75) is 26.3 Å². The Balaban J connectivity index is 2.50. The van der Waals surface area contributed by atoms with Crippen molar-refractivity contribution in [2.75, 3.05) is 0 Å². The van der Waals surface area contributed by atoms with E-state index in [-0.39, 0.29) is 5.78 Å². The van der Waals surface area contributed by atoms with Crippen LogP contribution in [0.25, 0.3) is 0 Å². The first-order chi connectivity index (χ1) is 6.24. The molecule has 1 heterocycles. The molecule has 0 saturated heterocycles. The first-order valence-electron chi connectivity index (χ1n) is 4.02. The van der Waals surface area contributed by atoms with Crippen LogP contribution in [0.2, 0.25) is 0 Å². The monoisotopic (exact) mass is 178 g/mol. The number of carbonyl (C=O) groups is 1. The molecule has 5 nitrogen and oxygen atoms in total. The second-order valence-electron chi connectivity index (χ2n) is 2.68. The number of Topliss-reactive ketones (excluding diaryl/α,β-unsaturated/α-hetero) is 1. The molecule has 1 aromatic heterocycles. The van der Waals surface area contributed by atoms with Gasteiger partial charge < -0.3 is 0 Å². The highest BCUT2D eigenvalue weighted by Crippen LogP contribution is 1.96. The Kier molecular flexibility index (Phi) is 3.15. The van der Waals surface area contributed by atoms with E-state index in [4.69, 9.17) is 5.26 Å². The summed E-state index contributed by atoms with van der Waals surface area (Å²) in [5.41, 5.74) is 0.372. The lowest BCUT2D eigenvalue weighted by Gasteiger charge is -1.93. The number of nitriles is 1. The summed E-state index contributed by atoms with van der Waals surface area (Å²) < 4.78 is 1.58. The molecule has 0 unspecified atom stereocenters. The zero-order valence-corrected chi connectivity index (χ0v) is 7.40. The molecule has 0 radical (unpaired) electrons. The van der Waals surface area contributed by atoms with Gasteiger partial charge in [-0.2, -0.15) is 5.26 Å². The SMILES string of the molecule is CC(=O)c1cn(CCCC#N)nn1. The summed E-state index contributed by atoms with van der Waals surface area (Å²) in [7, 11) is 0. The number of rotatable bonds is 4. The molecule has 0 amide bonds. The normalized spacial score (nSPS) is 9.54. The molecule has 1 rings (SSSR count). The molecule has 0 aliphatic carbocycles. The van der Waals surface area contributed by atoms with E-state index >= 15 is 0 Å². The molecular formula is C8H10N4O. The van der Waals surface area contributed by atoms with Gasteiger partial charge in [0.05, 0.1) is 12.3 Å². The van der Waals surface area contributed by atoms with E-state index in [0.29, 0.717) is 18.7 Å². The van der Waals surface area contributed by atoms with Gasteiger partial charge >= 0.3 is 0 Å². The number of aromatic nitrogens is 3. The quantitative estimate of drug-likeness (QED) is 0.504. The maximum Gasteiger partial charge on any atom is 0.181 e. The molecule has 1 aromatic rings. The highest BCUT2D eigenvalue weighted by Gasteiger charge is 2.03. The Morgan fingerprint density at radius 2 is 2.54 bits per heavy atom. The molecule has 0 aliphatic heterocycles. The first kappa shape index (κ1) is 9.39. The minimum Gasteiger partial charge on any atom is -0.293 e. The minimum absolute atomic E-state index is 0.0912. The number of hydrogen-bond acceptors (Lipinski definition) is 4. The van der Waals surface area contributed by atoms with Crippen LogP contribution in [0.4, 0.5) is 0 Å². The van der Waals surface area contributed by atoms with Crippen molar-refractivity contribution in [3.8, 4) is 6.07 Å². The minimum atomic E-state index is -0.0912. The van der Waals surface area contributed by atoms with Crippen molar-refractivity contribution < 1.29 is 4.79 Å². The summed E-state index contributed by atoms with van der Waals surface area (Å²) in [4.78, 5) is 10.8. The lowest BCUT2D eigenvalue weighted by atomic mass is 10.3. The molecule has 0 aromatic carbocycles. The third-order valence-corrected chi connectivity index (χ3v) is 1.58. The molecule has 0 bridgehead atoms. The smallest absolute Gasteiger partial charge is 0.181 e. The fourth-order valence-electron chi connectivity index (χ4n) is 0.889. The summed E-state index contributed by atoms with van der Waals surface area (Å²) in [5, 5.41) is 15.7. The average molecular weight is 178 g/mol. The second-order valence-corrected chi connectivity index (χ2v) is 2.68. The number of hydrogen-bond donors (Lipinski definition) is 0. The molecule has 0 saturated carbocycles. The Morgan fingerprint density at radius 1 is 1.77 bits per heavy atom. The van der Waals surface area contributed by atoms with Crippen LogP contribution in [0, 0.1) is 11.3 Å². The van der Waals surface area contributed by atoms with Gasteiger partial charge in [-0.1, -0.05) is 5.21 Å². The molecule has 5 heteroatoms. The van der Waals surface area contributed by atoms with Crippen molar-refractivity contribution in [1.29, 1.82) is 5.26 Å². The highest BCUT2D eigenvalue weighted by molar-refractivity contribution is 5.91. The Bertz CT molecular complexity index is 336. The van der Waals surface area contributed by atoms with Gasteiger partial charge in [0.2, 0.25) is 0 Å². The molecule has 0 fully saturated rings. The van der Waals surface area contributed by atoms with Gasteiger partial charge in [-0.3, -0.25) is 9.48 Å². The lowest BCUT2D eigenvalue weighted by molar-refractivity contribution is 0.101. The molecule has 0 N–H and O–H groups in total. The molecule has 0 spiro atoms. The van der Waals surface area contributed by atoms with Crippen molar-refractivity contribution in [2.24, 2.45) is 0 Å². The van der Waals surface area contributed by atoms with Crippen molar-refractivity contribution in [1.82, 2.24) is 15.0 Å². The molecular weight excluding hydrogens is 168 g/mol. The fourth-order valence-corrected chi connectivity index (χ4v) is 0.889. The summed E-state index contributed by atoms with van der Waals surface area (Å²) >= 11 is 0. The van der Waals surface area contributed by atoms with Crippen LogP contribution < -0.4 is 0 Å². The average Bonchev–Trinajstić information content (AvgIpc) is 2.53. The van der Waals surface area contributed by atoms with Gasteiger partial charge in [-0.15, -0.1) is 5.10 Å². The van der Waals surface area contributed by atoms with Gasteiger partial charge in [0.15, 0.2) is 5.78 Å². The summed E-state index contributed by atoms with van der Waals surface area (Å²) in [6, 6.07) is 2.04. The molecule has 68 valence electrons. The van der Waals surface area contributed by atoms with E-state index in [1.807, 2.05) is 6.07 Å². The van der Waals surface area contributed by atoms with Crippen LogP contribution in [0.5, 0.6) is 0 Å². The van der Waals surface area contributed by atoms with Crippen LogP contribution in [-0.4, -0.2) is 20.8 Å². The van der Waals surface area contributed by atoms with Gasteiger partial charge in [0.1, 0.15) is 5.69 Å². The Labute approximate surface area is 76.0 Å². The van der Waals surface area contributed by atoms with Crippen molar-refractivity contribution in [3.05, 3.63) is 11.9 Å². The third kappa shape index (κ3) is 2.67. The molecule has 0 atom stereocenters. The third-order valence-electron chi connectivity index (χ3n) is 1.58. The van der Waals surface area contributed by atoms with Crippen LogP contribution in [0.15, 0.2) is 6.20 Å². The number of carbonyl (C=O) groups excluding carboxylic acids is 1. The largest absolute Gasteiger partial charge is 0.293 e. The van der Waals surface area contributed by atoms with E-state index in [9.17, 15) is 4.79 Å². The van der Waals surface area contributed by atoms with Crippen LogP contribution in [0.1, 0.15) is 30.3 Å². The zero-order chi connectivity index (χ0) is 9.68. The number of aryl methyl sites for hydroxylation is 1. The molecule has 0 aliphatic rings. The van der Waals surface area contributed by atoms with Crippen molar-refractivity contribution in [3.63, 3.8) is 0 Å². The predicted octanol–water partition coefficient (Wildman–Crippen LogP) is 0.784. The van der Waals surface area contributed by atoms with Crippen LogP contribution >= 0.6 is 0 Å². The zero-order valence-electron chi connectivity index (χ0n) is 7.40. The Hall–Kier alpha value is -1.70. The number of nitrogens with zero attached hydrogens (tertiary/aromatic N) is 4. The second kappa shape index (κ2) is 4.36. The van der Waals surface area contributed by atoms with Gasteiger partial charge in [0.25, 0.3) is 0 Å². The van der Waals surface area contributed by atoms with E-state index in [1.54, 1.807) is 10.9 Å².